The van der Waals surface area contributed by atoms with Crippen LogP contribution in [0.1, 0.15) is 18.4 Å². The fourth-order valence-electron chi connectivity index (χ4n) is 2.82. The molecule has 0 bridgehead atoms. The van der Waals surface area contributed by atoms with Crippen molar-refractivity contribution in [3.63, 3.8) is 0 Å². The van der Waals surface area contributed by atoms with E-state index in [1.165, 1.54) is 46.6 Å². The third-order valence-corrected chi connectivity index (χ3v) is 5.71. The number of piperidine rings is 1. The van der Waals surface area contributed by atoms with Gasteiger partial charge in [-0.25, -0.2) is 12.7 Å². The van der Waals surface area contributed by atoms with Gasteiger partial charge in [-0.15, -0.1) is 13.2 Å². The van der Waals surface area contributed by atoms with Gasteiger partial charge in [-0.1, -0.05) is 18.2 Å². The van der Waals surface area contributed by atoms with E-state index in [2.05, 4.69) is 4.74 Å². The van der Waals surface area contributed by atoms with E-state index in [1.807, 2.05) is 0 Å². The molecule has 0 radical (unpaired) electrons. The molecule has 1 heterocycles. The first-order chi connectivity index (χ1) is 12.5. The predicted molar refractivity (Wildman–Crippen MR) is 94.4 cm³/mol. The van der Waals surface area contributed by atoms with Crippen molar-refractivity contribution in [1.82, 2.24) is 9.21 Å². The summed E-state index contributed by atoms with van der Waals surface area (Å²) >= 11 is 0. The molecule has 0 spiro atoms. The topological polar surface area (TPSA) is 66.9 Å². The van der Waals surface area contributed by atoms with Crippen LogP contribution in [0.15, 0.2) is 30.3 Å². The number of benzene rings is 1. The van der Waals surface area contributed by atoms with Crippen LogP contribution in [0.2, 0.25) is 0 Å². The number of carbonyl (C=O) groups excluding carboxylic acids is 1. The highest BCUT2D eigenvalue weighted by Crippen LogP contribution is 2.27. The molecule has 0 atom stereocenters. The molecule has 1 aliphatic heterocycles. The summed E-state index contributed by atoms with van der Waals surface area (Å²) in [6, 6.07) is 5.36. The van der Waals surface area contributed by atoms with Crippen LogP contribution in [0.3, 0.4) is 0 Å². The Labute approximate surface area is 156 Å². The van der Waals surface area contributed by atoms with E-state index in [0.717, 1.165) is 6.26 Å². The lowest BCUT2D eigenvalue weighted by Crippen LogP contribution is -2.46. The van der Waals surface area contributed by atoms with Gasteiger partial charge in [-0.3, -0.25) is 4.79 Å². The molecular formula is C17H21F3N2O4S. The molecule has 0 aliphatic carbocycles. The Kier molecular flexibility index (Phi) is 6.53. The molecule has 6 nitrogen and oxygen atoms in total. The molecule has 10 heteroatoms. The van der Waals surface area contributed by atoms with Crippen molar-refractivity contribution < 1.29 is 31.1 Å². The van der Waals surface area contributed by atoms with E-state index in [9.17, 15) is 26.4 Å². The van der Waals surface area contributed by atoms with E-state index in [4.69, 9.17) is 0 Å². The number of likely N-dealkylation sites (tertiary alicyclic amines) is 1. The Morgan fingerprint density at radius 1 is 1.26 bits per heavy atom. The van der Waals surface area contributed by atoms with Gasteiger partial charge in [-0.05, 0) is 25.0 Å². The zero-order chi connectivity index (χ0) is 20.2. The molecule has 0 saturated carbocycles. The molecule has 0 aromatic heterocycles. The van der Waals surface area contributed by atoms with Crippen LogP contribution in [0, 0.1) is 0 Å². The maximum absolute atomic E-state index is 12.4. The first-order valence-corrected chi connectivity index (χ1v) is 10.1. The van der Waals surface area contributed by atoms with Gasteiger partial charge in [0.25, 0.3) is 0 Å². The van der Waals surface area contributed by atoms with E-state index in [0.29, 0.717) is 25.9 Å². The van der Waals surface area contributed by atoms with Crippen LogP contribution in [0.4, 0.5) is 13.2 Å². The van der Waals surface area contributed by atoms with Gasteiger partial charge in [0.1, 0.15) is 5.75 Å². The van der Waals surface area contributed by atoms with Gasteiger partial charge in [0.2, 0.25) is 15.9 Å². The van der Waals surface area contributed by atoms with Crippen LogP contribution < -0.4 is 4.74 Å². The van der Waals surface area contributed by atoms with Crippen molar-refractivity contribution in [2.75, 3.05) is 26.4 Å². The summed E-state index contributed by atoms with van der Waals surface area (Å²) in [5.41, 5.74) is 0.134. The number of alkyl halides is 3. The van der Waals surface area contributed by atoms with Crippen molar-refractivity contribution in [3.8, 4) is 5.75 Å². The maximum Gasteiger partial charge on any atom is 0.573 e. The SMILES string of the molecule is CN(C1CCN(C(=O)C=Cc2ccccc2OC(F)(F)F)CC1)S(C)(=O)=O. The molecule has 150 valence electrons. The summed E-state index contributed by atoms with van der Waals surface area (Å²) in [4.78, 5) is 13.8. The number of nitrogens with zero attached hydrogens (tertiary/aromatic N) is 2. The van der Waals surface area contributed by atoms with E-state index < -0.39 is 16.4 Å². The lowest BCUT2D eigenvalue weighted by Gasteiger charge is -2.35. The quantitative estimate of drug-likeness (QED) is 0.705. The molecule has 27 heavy (non-hydrogen) atoms. The summed E-state index contributed by atoms with van der Waals surface area (Å²) in [5, 5.41) is 0. The van der Waals surface area contributed by atoms with Crippen LogP contribution in [0.5, 0.6) is 5.75 Å². The number of sulfonamides is 1. The number of para-hydroxylation sites is 1. The zero-order valence-corrected chi connectivity index (χ0v) is 15.8. The van der Waals surface area contributed by atoms with Crippen molar-refractivity contribution >= 4 is 22.0 Å². The van der Waals surface area contributed by atoms with Gasteiger partial charge >= 0.3 is 6.36 Å². The second-order valence-electron chi connectivity index (χ2n) is 6.25. The number of ether oxygens (including phenoxy) is 1. The zero-order valence-electron chi connectivity index (χ0n) is 14.9. The second kappa shape index (κ2) is 8.30. The Morgan fingerprint density at radius 2 is 1.85 bits per heavy atom. The summed E-state index contributed by atoms with van der Waals surface area (Å²) in [6.07, 6.45) is -0.222. The molecule has 1 aromatic rings. The minimum atomic E-state index is -4.82. The Morgan fingerprint density at radius 3 is 2.41 bits per heavy atom. The molecular weight excluding hydrogens is 385 g/mol. The summed E-state index contributed by atoms with van der Waals surface area (Å²) in [6.45, 7) is 0.739. The second-order valence-corrected chi connectivity index (χ2v) is 8.30. The van der Waals surface area contributed by atoms with Gasteiger partial charge in [0.05, 0.1) is 6.26 Å². The van der Waals surface area contributed by atoms with Gasteiger partial charge < -0.3 is 9.64 Å². The number of halogens is 3. The fraction of sp³-hybridized carbons (Fsp3) is 0.471. The van der Waals surface area contributed by atoms with Crippen LogP contribution in [-0.4, -0.2) is 62.3 Å². The minimum absolute atomic E-state index is 0.134. The van der Waals surface area contributed by atoms with Crippen molar-refractivity contribution in [1.29, 1.82) is 0 Å². The van der Waals surface area contributed by atoms with E-state index >= 15 is 0 Å². The number of hydrogen-bond donors (Lipinski definition) is 0. The fourth-order valence-corrected chi connectivity index (χ4v) is 3.58. The summed E-state index contributed by atoms with van der Waals surface area (Å²) in [7, 11) is -1.79. The number of rotatable bonds is 5. The highest BCUT2D eigenvalue weighted by molar-refractivity contribution is 7.88. The first-order valence-electron chi connectivity index (χ1n) is 8.22. The first kappa shape index (κ1) is 21.2. The third kappa shape index (κ3) is 6.24. The molecule has 2 rings (SSSR count). The standard InChI is InChI=1S/C17H21F3N2O4S/c1-21(27(2,24)25)14-9-11-22(12-10-14)16(23)8-7-13-5-3-4-6-15(13)26-17(18,19)20/h3-8,14H,9-12H2,1-2H3. The third-order valence-electron chi connectivity index (χ3n) is 4.36. The molecule has 1 saturated heterocycles. The van der Waals surface area contributed by atoms with Gasteiger partial charge in [0, 0.05) is 37.8 Å². The van der Waals surface area contributed by atoms with Crippen molar-refractivity contribution in [3.05, 3.63) is 35.9 Å². The largest absolute Gasteiger partial charge is 0.573 e. The summed E-state index contributed by atoms with van der Waals surface area (Å²) < 4.78 is 65.7. The van der Waals surface area contributed by atoms with Crippen LogP contribution in [-0.2, 0) is 14.8 Å². The number of amides is 1. The van der Waals surface area contributed by atoms with E-state index in [1.54, 1.807) is 6.07 Å². The molecule has 1 amide bonds. The molecule has 0 unspecified atom stereocenters. The Balaban J connectivity index is 1.99. The summed E-state index contributed by atoms with van der Waals surface area (Å²) in [5.74, 6) is -0.736. The van der Waals surface area contributed by atoms with Gasteiger partial charge in [0.15, 0.2) is 0 Å². The average Bonchev–Trinajstić information content (AvgIpc) is 2.58. The molecule has 0 N–H and O–H groups in total. The lowest BCUT2D eigenvalue weighted by molar-refractivity contribution is -0.274. The van der Waals surface area contributed by atoms with Crippen molar-refractivity contribution in [2.24, 2.45) is 0 Å². The molecule has 1 aliphatic rings. The highest BCUT2D eigenvalue weighted by Gasteiger charge is 2.32. The normalized spacial score (nSPS) is 16.9. The van der Waals surface area contributed by atoms with Crippen LogP contribution in [0.25, 0.3) is 6.08 Å². The molecule has 1 fully saturated rings. The minimum Gasteiger partial charge on any atom is -0.405 e. The highest BCUT2D eigenvalue weighted by atomic mass is 32.2. The Hall–Kier alpha value is -2.07. The lowest BCUT2D eigenvalue weighted by atomic mass is 10.1. The van der Waals surface area contributed by atoms with Gasteiger partial charge in [-0.2, -0.15) is 0 Å². The average molecular weight is 406 g/mol. The maximum atomic E-state index is 12.4. The molecule has 1 aromatic carbocycles. The number of carbonyl (C=O) groups is 1. The van der Waals surface area contributed by atoms with Crippen molar-refractivity contribution in [2.45, 2.75) is 25.2 Å². The Bertz CT molecular complexity index is 801. The van der Waals surface area contributed by atoms with E-state index in [-0.39, 0.29) is 23.3 Å². The van der Waals surface area contributed by atoms with Crippen LogP contribution >= 0.6 is 0 Å². The number of hydrogen-bond acceptors (Lipinski definition) is 4. The smallest absolute Gasteiger partial charge is 0.405 e. The monoisotopic (exact) mass is 406 g/mol. The predicted octanol–water partition coefficient (Wildman–Crippen LogP) is 2.48.